The van der Waals surface area contributed by atoms with E-state index in [1.807, 2.05) is 7.05 Å². The van der Waals surface area contributed by atoms with Gasteiger partial charge in [0.25, 0.3) is 0 Å². The smallest absolute Gasteiger partial charge is 0.223 e. The standard InChI is InChI=1S/C17H30N4OS.HI/c1-18-16(20-10-9-19-15(22)14-5-6-14)21-11-12-23-17(13-21)7-3-2-4-8-17;/h14H,2-13H2,1H3,(H,18,20)(H,19,22);1H. The maximum atomic E-state index is 11.6. The van der Waals surface area contributed by atoms with Crippen LogP contribution in [0.3, 0.4) is 0 Å². The van der Waals surface area contributed by atoms with Crippen LogP contribution in [0.5, 0.6) is 0 Å². The van der Waals surface area contributed by atoms with Crippen molar-refractivity contribution in [2.45, 2.75) is 49.7 Å². The molecule has 0 atom stereocenters. The van der Waals surface area contributed by atoms with E-state index in [-0.39, 0.29) is 29.9 Å². The molecule has 1 saturated heterocycles. The highest BCUT2D eigenvalue weighted by atomic mass is 127. The van der Waals surface area contributed by atoms with Crippen molar-refractivity contribution in [1.29, 1.82) is 0 Å². The number of halogens is 1. The predicted molar refractivity (Wildman–Crippen MR) is 112 cm³/mol. The van der Waals surface area contributed by atoms with Crippen molar-refractivity contribution >= 4 is 47.6 Å². The number of carbonyl (C=O) groups is 1. The van der Waals surface area contributed by atoms with Gasteiger partial charge in [-0.2, -0.15) is 11.8 Å². The van der Waals surface area contributed by atoms with E-state index in [0.29, 0.717) is 17.2 Å². The molecule has 0 aromatic heterocycles. The van der Waals surface area contributed by atoms with Crippen molar-refractivity contribution in [2.24, 2.45) is 10.9 Å². The minimum absolute atomic E-state index is 0. The molecule has 1 spiro atoms. The maximum Gasteiger partial charge on any atom is 0.223 e. The molecule has 3 rings (SSSR count). The lowest BCUT2D eigenvalue weighted by Crippen LogP contribution is -2.54. The molecule has 1 heterocycles. The van der Waals surface area contributed by atoms with Gasteiger partial charge in [-0.05, 0) is 25.7 Å². The zero-order chi connectivity index (χ0) is 16.1. The van der Waals surface area contributed by atoms with Crippen LogP contribution < -0.4 is 10.6 Å². The van der Waals surface area contributed by atoms with Crippen molar-refractivity contribution in [1.82, 2.24) is 15.5 Å². The maximum absolute atomic E-state index is 11.6. The molecule has 0 aromatic rings. The van der Waals surface area contributed by atoms with E-state index >= 15 is 0 Å². The molecule has 2 aliphatic carbocycles. The van der Waals surface area contributed by atoms with Crippen LogP contribution >= 0.6 is 35.7 Å². The van der Waals surface area contributed by atoms with E-state index in [1.165, 1.54) is 37.9 Å². The summed E-state index contributed by atoms with van der Waals surface area (Å²) < 4.78 is 0.453. The molecule has 0 radical (unpaired) electrons. The average Bonchev–Trinajstić information content (AvgIpc) is 3.40. The molecule has 7 heteroatoms. The lowest BCUT2D eigenvalue weighted by Gasteiger charge is -2.45. The van der Waals surface area contributed by atoms with Crippen LogP contribution in [0.2, 0.25) is 0 Å². The van der Waals surface area contributed by atoms with Gasteiger partial charge in [-0.1, -0.05) is 19.3 Å². The highest BCUT2D eigenvalue weighted by Gasteiger charge is 2.38. The Bertz CT molecular complexity index is 444. The van der Waals surface area contributed by atoms with E-state index in [0.717, 1.165) is 38.4 Å². The molecule has 2 saturated carbocycles. The Morgan fingerprint density at radius 3 is 2.58 bits per heavy atom. The van der Waals surface area contributed by atoms with E-state index in [4.69, 9.17) is 0 Å². The number of nitrogens with one attached hydrogen (secondary N) is 2. The van der Waals surface area contributed by atoms with Crippen LogP contribution in [-0.4, -0.2) is 60.5 Å². The molecule has 0 unspecified atom stereocenters. The summed E-state index contributed by atoms with van der Waals surface area (Å²) in [6, 6.07) is 0. The summed E-state index contributed by atoms with van der Waals surface area (Å²) in [6.45, 7) is 3.62. The molecule has 24 heavy (non-hydrogen) atoms. The van der Waals surface area contributed by atoms with Crippen molar-refractivity contribution < 1.29 is 4.79 Å². The van der Waals surface area contributed by atoms with Crippen LogP contribution in [-0.2, 0) is 4.79 Å². The third-order valence-corrected chi connectivity index (χ3v) is 6.72. The second kappa shape index (κ2) is 9.50. The van der Waals surface area contributed by atoms with Gasteiger partial charge in [-0.15, -0.1) is 24.0 Å². The fraction of sp³-hybridized carbons (Fsp3) is 0.882. The molecule has 1 amide bonds. The summed E-state index contributed by atoms with van der Waals surface area (Å²) in [5.74, 6) is 2.70. The number of guanidine groups is 1. The quantitative estimate of drug-likeness (QED) is 0.289. The number of hydrogen-bond donors (Lipinski definition) is 2. The summed E-state index contributed by atoms with van der Waals surface area (Å²) in [5.41, 5.74) is 0. The molecule has 5 nitrogen and oxygen atoms in total. The van der Waals surface area contributed by atoms with Crippen LogP contribution in [0, 0.1) is 5.92 Å². The van der Waals surface area contributed by atoms with Crippen molar-refractivity contribution in [3.8, 4) is 0 Å². The Kier molecular flexibility index (Phi) is 7.97. The number of thioether (sulfide) groups is 1. The highest BCUT2D eigenvalue weighted by molar-refractivity contribution is 14.0. The third-order valence-electron chi connectivity index (χ3n) is 5.18. The van der Waals surface area contributed by atoms with Crippen LogP contribution in [0.1, 0.15) is 44.9 Å². The number of carbonyl (C=O) groups excluding carboxylic acids is 1. The van der Waals surface area contributed by atoms with Crippen molar-refractivity contribution in [3.63, 3.8) is 0 Å². The van der Waals surface area contributed by atoms with E-state index in [2.05, 4.69) is 32.3 Å². The first kappa shape index (κ1) is 20.1. The Labute approximate surface area is 167 Å². The first-order valence-electron chi connectivity index (χ1n) is 9.10. The minimum atomic E-state index is 0. The summed E-state index contributed by atoms with van der Waals surface area (Å²) in [4.78, 5) is 18.5. The average molecular weight is 466 g/mol. The van der Waals surface area contributed by atoms with Crippen LogP contribution in [0.4, 0.5) is 0 Å². The topological polar surface area (TPSA) is 56.7 Å². The summed E-state index contributed by atoms with van der Waals surface area (Å²) in [7, 11) is 1.86. The van der Waals surface area contributed by atoms with Gasteiger partial charge in [0.1, 0.15) is 0 Å². The first-order chi connectivity index (χ1) is 11.2. The second-order valence-corrected chi connectivity index (χ2v) is 8.62. The van der Waals surface area contributed by atoms with Crippen molar-refractivity contribution in [2.75, 3.05) is 39.0 Å². The minimum Gasteiger partial charge on any atom is -0.354 e. The molecule has 0 bridgehead atoms. The van der Waals surface area contributed by atoms with E-state index < -0.39 is 0 Å². The lowest BCUT2D eigenvalue weighted by molar-refractivity contribution is -0.122. The second-order valence-electron chi connectivity index (χ2n) is 7.05. The Hall–Kier alpha value is -0.180. The fourth-order valence-electron chi connectivity index (χ4n) is 3.71. The normalized spacial score (nSPS) is 23.5. The van der Waals surface area contributed by atoms with E-state index in [9.17, 15) is 4.79 Å². The zero-order valence-electron chi connectivity index (χ0n) is 14.7. The number of rotatable bonds is 4. The predicted octanol–water partition coefficient (Wildman–Crippen LogP) is 2.46. The van der Waals surface area contributed by atoms with Gasteiger partial charge in [0, 0.05) is 49.6 Å². The summed E-state index contributed by atoms with van der Waals surface area (Å²) >= 11 is 2.18. The van der Waals surface area contributed by atoms with Crippen molar-refractivity contribution in [3.05, 3.63) is 0 Å². The van der Waals surface area contributed by atoms with Crippen LogP contribution in [0.15, 0.2) is 4.99 Å². The third kappa shape index (κ3) is 5.41. The van der Waals surface area contributed by atoms with Gasteiger partial charge in [0.05, 0.1) is 0 Å². The fourth-order valence-corrected chi connectivity index (χ4v) is 5.28. The SMILES string of the molecule is CN=C(NCCNC(=O)C1CC1)N1CCSC2(CCCCC2)C1.I. The van der Waals surface area contributed by atoms with Gasteiger partial charge in [0.2, 0.25) is 5.91 Å². The molecule has 138 valence electrons. The molecular formula is C17H31IN4OS. The number of aliphatic imine (C=N–C) groups is 1. The largest absolute Gasteiger partial charge is 0.354 e. The Morgan fingerprint density at radius 2 is 1.92 bits per heavy atom. The Morgan fingerprint density at radius 1 is 1.21 bits per heavy atom. The van der Waals surface area contributed by atoms with E-state index in [1.54, 1.807) is 0 Å². The number of hydrogen-bond acceptors (Lipinski definition) is 3. The highest BCUT2D eigenvalue weighted by Crippen LogP contribution is 2.42. The molecule has 3 aliphatic rings. The number of nitrogens with zero attached hydrogens (tertiary/aromatic N) is 2. The Balaban J connectivity index is 0.00000208. The summed E-state index contributed by atoms with van der Waals surface area (Å²) in [6.07, 6.45) is 8.98. The van der Waals surface area contributed by atoms with Gasteiger partial charge in [0.15, 0.2) is 5.96 Å². The van der Waals surface area contributed by atoms with Gasteiger partial charge in [-0.25, -0.2) is 0 Å². The number of amides is 1. The monoisotopic (exact) mass is 466 g/mol. The lowest BCUT2D eigenvalue weighted by atomic mass is 9.87. The van der Waals surface area contributed by atoms with Gasteiger partial charge < -0.3 is 15.5 Å². The molecule has 0 aromatic carbocycles. The molecule has 2 N–H and O–H groups in total. The van der Waals surface area contributed by atoms with Crippen LogP contribution in [0.25, 0.3) is 0 Å². The molecule has 3 fully saturated rings. The zero-order valence-corrected chi connectivity index (χ0v) is 17.8. The van der Waals surface area contributed by atoms with Gasteiger partial charge in [-0.3, -0.25) is 9.79 Å². The van der Waals surface area contributed by atoms with Gasteiger partial charge >= 0.3 is 0 Å². The molecular weight excluding hydrogens is 435 g/mol. The summed E-state index contributed by atoms with van der Waals surface area (Å²) in [5, 5.41) is 6.43. The molecule has 1 aliphatic heterocycles. The first-order valence-corrected chi connectivity index (χ1v) is 10.1.